The van der Waals surface area contributed by atoms with E-state index in [1.54, 1.807) is 0 Å². The lowest BCUT2D eigenvalue weighted by Gasteiger charge is -2.28. The minimum Gasteiger partial charge on any atom is -0.629 e. The molecule has 5 N–H and O–H groups in total. The van der Waals surface area contributed by atoms with Crippen LogP contribution in [0, 0.1) is 26.0 Å². The molecule has 2 aromatic rings. The molecule has 142 valence electrons. The van der Waals surface area contributed by atoms with Crippen molar-refractivity contribution in [3.05, 3.63) is 62.4 Å². The molecule has 0 aliphatic heterocycles. The molecule has 0 saturated heterocycles. The second-order valence-corrected chi connectivity index (χ2v) is 6.07. The number of hydrogen-bond acceptors (Lipinski definition) is 5. The van der Waals surface area contributed by atoms with E-state index in [0.29, 0.717) is 0 Å². The van der Waals surface area contributed by atoms with Gasteiger partial charge in [-0.2, -0.15) is 0 Å². The molecule has 4 unspecified atom stereocenters. The van der Waals surface area contributed by atoms with Gasteiger partial charge in [-0.1, -0.05) is 0 Å². The van der Waals surface area contributed by atoms with Gasteiger partial charge in [0.15, 0.2) is 22.7 Å². The largest absolute Gasteiger partial charge is 0.629 e. The third kappa shape index (κ3) is 4.23. The molecule has 0 spiro atoms. The maximum absolute atomic E-state index is 12.8. The highest BCUT2D eigenvalue weighted by atomic mass is 16.5. The van der Waals surface area contributed by atoms with Gasteiger partial charge in [0.1, 0.15) is 11.4 Å². The van der Waals surface area contributed by atoms with Crippen molar-refractivity contribution in [1.82, 2.24) is 0 Å². The van der Waals surface area contributed by atoms with Gasteiger partial charge in [0.2, 0.25) is 0 Å². The summed E-state index contributed by atoms with van der Waals surface area (Å²) in [7, 11) is 5.35. The Morgan fingerprint density at radius 1 is 0.500 bits per heavy atom. The summed E-state index contributed by atoms with van der Waals surface area (Å²) in [6.07, 6.45) is 0. The molecule has 4 atom stereocenters. The molecule has 0 fully saturated rings. The first-order valence-corrected chi connectivity index (χ1v) is 8.00. The van der Waals surface area contributed by atoms with Crippen LogP contribution in [0.5, 0.6) is 0 Å². The Labute approximate surface area is 150 Å². The Hall–Kier alpha value is -1.96. The second kappa shape index (κ2) is 8.16. The van der Waals surface area contributed by atoms with E-state index < -0.39 is 5.06 Å². The Bertz CT molecular complexity index is 703. The van der Waals surface area contributed by atoms with E-state index in [-0.39, 0.29) is 54.4 Å². The molecule has 0 saturated carbocycles. The highest BCUT2D eigenvalue weighted by molar-refractivity contribution is 5.61. The highest BCUT2D eigenvalue weighted by Crippen LogP contribution is 2.21. The van der Waals surface area contributed by atoms with E-state index in [9.17, 15) is 26.0 Å². The molecule has 0 aliphatic carbocycles. The van der Waals surface area contributed by atoms with Crippen LogP contribution in [0.2, 0.25) is 0 Å². The van der Waals surface area contributed by atoms with E-state index in [1.165, 1.54) is 64.6 Å². The number of rotatable bonds is 6. The van der Waals surface area contributed by atoms with Crippen molar-refractivity contribution >= 4 is 34.1 Å². The van der Waals surface area contributed by atoms with Gasteiger partial charge >= 0.3 is 0 Å². The maximum Gasteiger partial charge on any atom is 0.198 e. The minimum atomic E-state index is -0.403. The smallest absolute Gasteiger partial charge is 0.198 e. The van der Waals surface area contributed by atoms with E-state index >= 15 is 0 Å². The number of hydroxylamine groups is 4. The number of hydrogen-bond donors (Lipinski definition) is 5. The molecular formula is C16H23N5O5. The maximum atomic E-state index is 12.8. The molecule has 0 bridgehead atoms. The summed E-state index contributed by atoms with van der Waals surface area (Å²) in [4.78, 5) is 0. The van der Waals surface area contributed by atoms with Crippen LogP contribution >= 0.6 is 0 Å². The van der Waals surface area contributed by atoms with Crippen LogP contribution in [0.25, 0.3) is 0 Å². The molecule has 2 rings (SSSR count). The molecule has 0 amide bonds. The third-order valence-corrected chi connectivity index (χ3v) is 4.08. The molecule has 0 aromatic heterocycles. The number of benzene rings is 2. The van der Waals surface area contributed by atoms with Crippen LogP contribution in [0.1, 0.15) is 0 Å². The molecule has 0 heterocycles. The lowest BCUT2D eigenvalue weighted by atomic mass is 10.2. The second-order valence-electron chi connectivity index (χ2n) is 6.07. The molecule has 10 heteroatoms. The van der Waals surface area contributed by atoms with Gasteiger partial charge in [-0.3, -0.25) is 0 Å². The first-order valence-electron chi connectivity index (χ1n) is 8.00. The summed E-state index contributed by atoms with van der Waals surface area (Å²) in [6.45, 7) is 0. The molecule has 0 radical (unpaired) electrons. The van der Waals surface area contributed by atoms with Gasteiger partial charge in [0.05, 0.1) is 40.3 Å². The van der Waals surface area contributed by atoms with Crippen molar-refractivity contribution in [3.63, 3.8) is 0 Å². The van der Waals surface area contributed by atoms with Gasteiger partial charge in [0, 0.05) is 24.3 Å². The first kappa shape index (κ1) is 20.4. The van der Waals surface area contributed by atoms with Crippen LogP contribution in [-0.2, 0) is 0 Å². The normalized spacial score (nSPS) is 17.4. The molecule has 0 aliphatic rings. The lowest BCUT2D eigenvalue weighted by Crippen LogP contribution is -3.04. The van der Waals surface area contributed by atoms with Gasteiger partial charge in [0.25, 0.3) is 0 Å². The van der Waals surface area contributed by atoms with Crippen LogP contribution in [0.3, 0.4) is 0 Å². The number of quaternary nitrogens is 5. The predicted molar refractivity (Wildman–Crippen MR) is 96.2 cm³/mol. The fourth-order valence-corrected chi connectivity index (χ4v) is 2.73. The van der Waals surface area contributed by atoms with Gasteiger partial charge in [-0.15, -0.1) is 0 Å². The van der Waals surface area contributed by atoms with Gasteiger partial charge in [-0.05, 0) is 0 Å². The van der Waals surface area contributed by atoms with Gasteiger partial charge < -0.3 is 51.4 Å². The van der Waals surface area contributed by atoms with Crippen molar-refractivity contribution in [3.8, 4) is 0 Å². The minimum absolute atomic E-state index is 0.176. The number of nitrogens with one attached hydrogen (secondary N) is 5. The van der Waals surface area contributed by atoms with E-state index in [0.717, 1.165) is 0 Å². The SMILES string of the molecule is C[NH+]([O-])c1ccc([NH+]([O-])c2ccc([NH+](C)[O-])c([NH+](C)[O-])c2)cc1[NH+](C)[O-]. The summed E-state index contributed by atoms with van der Waals surface area (Å²) in [5.74, 6) is 0. The first-order chi connectivity index (χ1) is 12.1. The van der Waals surface area contributed by atoms with E-state index in [1.807, 2.05) is 0 Å². The van der Waals surface area contributed by atoms with Gasteiger partial charge in [-0.25, -0.2) is 0 Å². The Balaban J connectivity index is 2.47. The summed E-state index contributed by atoms with van der Waals surface area (Å²) in [5.41, 5.74) is 1.32. The topological polar surface area (TPSA) is 138 Å². The third-order valence-electron chi connectivity index (χ3n) is 4.08. The molecule has 2 aromatic carbocycles. The monoisotopic (exact) mass is 365 g/mol. The van der Waals surface area contributed by atoms with Crippen molar-refractivity contribution < 1.29 is 25.3 Å². The summed E-state index contributed by atoms with van der Waals surface area (Å²) in [5, 5.41) is 58.1. The summed E-state index contributed by atoms with van der Waals surface area (Å²) < 4.78 is 0. The Morgan fingerprint density at radius 3 is 1.08 bits per heavy atom. The zero-order valence-electron chi connectivity index (χ0n) is 15.0. The molecule has 10 nitrogen and oxygen atoms in total. The quantitative estimate of drug-likeness (QED) is 0.340. The predicted octanol–water partition coefficient (Wildman–Crippen LogP) is -3.39. The average Bonchev–Trinajstić information content (AvgIpc) is 2.59. The van der Waals surface area contributed by atoms with Crippen molar-refractivity contribution in [2.45, 2.75) is 0 Å². The van der Waals surface area contributed by atoms with Crippen molar-refractivity contribution in [1.29, 1.82) is 0 Å². The highest BCUT2D eigenvalue weighted by Gasteiger charge is 2.20. The zero-order chi connectivity index (χ0) is 19.6. The van der Waals surface area contributed by atoms with E-state index in [4.69, 9.17) is 0 Å². The zero-order valence-corrected chi connectivity index (χ0v) is 15.0. The summed E-state index contributed by atoms with van der Waals surface area (Å²) >= 11 is 0. The van der Waals surface area contributed by atoms with Crippen LogP contribution in [-0.4, -0.2) is 28.2 Å². The van der Waals surface area contributed by atoms with Crippen molar-refractivity contribution in [2.24, 2.45) is 0 Å². The average molecular weight is 365 g/mol. The van der Waals surface area contributed by atoms with Crippen LogP contribution in [0.15, 0.2) is 36.4 Å². The Kier molecular flexibility index (Phi) is 6.39. The van der Waals surface area contributed by atoms with E-state index in [2.05, 4.69) is 0 Å². The summed E-state index contributed by atoms with van der Waals surface area (Å²) in [6, 6.07) is 8.60. The van der Waals surface area contributed by atoms with Crippen molar-refractivity contribution in [2.75, 3.05) is 28.2 Å². The molecule has 26 heavy (non-hydrogen) atoms. The fraction of sp³-hybridized carbons (Fsp3) is 0.250. The lowest BCUT2D eigenvalue weighted by molar-refractivity contribution is -0.783. The fourth-order valence-electron chi connectivity index (χ4n) is 2.73. The van der Waals surface area contributed by atoms with Crippen LogP contribution in [0.4, 0.5) is 34.1 Å². The molecular weight excluding hydrogens is 342 g/mol. The van der Waals surface area contributed by atoms with Crippen LogP contribution < -0.4 is 25.3 Å². The Morgan fingerprint density at radius 2 is 0.808 bits per heavy atom. The standard InChI is InChI=1S/C16H23N5O5/c1-17(22)13-7-5-11(9-15(13)19(3)24)21(26)12-6-8-14(18(2)23)16(10-12)20(4)25/h5-10,17-21H,1-4H3.